The fourth-order valence-corrected chi connectivity index (χ4v) is 2.73. The number of nitrogen functional groups attached to an aromatic ring is 1. The average molecular weight is 218 g/mol. The molecule has 0 amide bonds. The number of nitrogens with one attached hydrogen (secondary N) is 1. The summed E-state index contributed by atoms with van der Waals surface area (Å²) in [4.78, 5) is 0. The molecule has 0 heterocycles. The molecule has 1 fully saturated rings. The summed E-state index contributed by atoms with van der Waals surface area (Å²) in [7, 11) is 0. The normalized spacial score (nSPS) is 25.3. The maximum atomic E-state index is 5.79. The first-order valence-corrected chi connectivity index (χ1v) is 6.41. The van der Waals surface area contributed by atoms with Crippen molar-refractivity contribution in [2.24, 2.45) is 5.92 Å². The van der Waals surface area contributed by atoms with E-state index in [4.69, 9.17) is 5.73 Å². The summed E-state index contributed by atoms with van der Waals surface area (Å²) in [5.41, 5.74) is 7.80. The average Bonchev–Trinajstić information content (AvgIpc) is 2.30. The lowest BCUT2D eigenvalue weighted by Crippen LogP contribution is -2.31. The summed E-state index contributed by atoms with van der Waals surface area (Å²) in [5, 5.41) is 3.64. The highest BCUT2D eigenvalue weighted by Crippen LogP contribution is 2.29. The molecule has 88 valence electrons. The zero-order valence-corrected chi connectivity index (χ0v) is 10.1. The first kappa shape index (κ1) is 11.3. The maximum absolute atomic E-state index is 5.79. The van der Waals surface area contributed by atoms with Gasteiger partial charge in [0.05, 0.1) is 0 Å². The van der Waals surface area contributed by atoms with Crippen molar-refractivity contribution in [2.75, 3.05) is 11.1 Å². The lowest BCUT2D eigenvalue weighted by atomic mass is 9.83. The predicted octanol–water partition coefficient (Wildman–Crippen LogP) is 3.65. The molecule has 0 aromatic heterocycles. The Balaban J connectivity index is 2.02. The van der Waals surface area contributed by atoms with Crippen LogP contribution in [-0.4, -0.2) is 6.04 Å². The van der Waals surface area contributed by atoms with Crippen molar-refractivity contribution in [3.63, 3.8) is 0 Å². The molecule has 16 heavy (non-hydrogen) atoms. The highest BCUT2D eigenvalue weighted by molar-refractivity contribution is 5.54. The van der Waals surface area contributed by atoms with Gasteiger partial charge >= 0.3 is 0 Å². The second-order valence-electron chi connectivity index (χ2n) is 4.83. The smallest absolute Gasteiger partial charge is 0.0363 e. The van der Waals surface area contributed by atoms with Crippen molar-refractivity contribution in [2.45, 2.75) is 45.1 Å². The van der Waals surface area contributed by atoms with Crippen molar-refractivity contribution in [1.82, 2.24) is 0 Å². The summed E-state index contributed by atoms with van der Waals surface area (Å²) in [6.45, 7) is 2.30. The molecule has 2 nitrogen and oxygen atoms in total. The molecular formula is C14H22N2. The molecule has 0 radical (unpaired) electrons. The van der Waals surface area contributed by atoms with Crippen LogP contribution >= 0.6 is 0 Å². The third-order valence-corrected chi connectivity index (χ3v) is 3.67. The van der Waals surface area contributed by atoms with Gasteiger partial charge < -0.3 is 11.1 Å². The van der Waals surface area contributed by atoms with Crippen LogP contribution in [0.25, 0.3) is 0 Å². The third-order valence-electron chi connectivity index (χ3n) is 3.67. The van der Waals surface area contributed by atoms with Gasteiger partial charge in [0.25, 0.3) is 0 Å². The Hall–Kier alpha value is -1.18. The van der Waals surface area contributed by atoms with Crippen LogP contribution in [0.5, 0.6) is 0 Å². The van der Waals surface area contributed by atoms with Gasteiger partial charge in [0.1, 0.15) is 0 Å². The van der Waals surface area contributed by atoms with Gasteiger partial charge in [-0.2, -0.15) is 0 Å². The van der Waals surface area contributed by atoms with Crippen LogP contribution in [0, 0.1) is 5.92 Å². The quantitative estimate of drug-likeness (QED) is 0.760. The van der Waals surface area contributed by atoms with E-state index in [0.717, 1.165) is 11.6 Å². The van der Waals surface area contributed by atoms with E-state index >= 15 is 0 Å². The summed E-state index contributed by atoms with van der Waals surface area (Å²) < 4.78 is 0. The molecule has 1 aromatic carbocycles. The van der Waals surface area contributed by atoms with Crippen LogP contribution in [0.15, 0.2) is 24.3 Å². The van der Waals surface area contributed by atoms with Crippen LogP contribution in [-0.2, 0) is 0 Å². The van der Waals surface area contributed by atoms with E-state index in [2.05, 4.69) is 18.3 Å². The van der Waals surface area contributed by atoms with Gasteiger partial charge in [-0.1, -0.05) is 32.3 Å². The first-order chi connectivity index (χ1) is 7.79. The summed E-state index contributed by atoms with van der Waals surface area (Å²) in [6, 6.07) is 8.73. The van der Waals surface area contributed by atoms with E-state index in [0.29, 0.717) is 6.04 Å². The molecule has 2 heteroatoms. The van der Waals surface area contributed by atoms with Gasteiger partial charge in [0, 0.05) is 17.4 Å². The Labute approximate surface area is 98.2 Å². The molecule has 1 aliphatic carbocycles. The minimum atomic E-state index is 0.639. The monoisotopic (exact) mass is 218 g/mol. The molecule has 2 unspecified atom stereocenters. The van der Waals surface area contributed by atoms with Crippen LogP contribution in [0.1, 0.15) is 39.0 Å². The van der Waals surface area contributed by atoms with Gasteiger partial charge in [-0.05, 0) is 37.0 Å². The van der Waals surface area contributed by atoms with Crippen molar-refractivity contribution >= 4 is 11.4 Å². The van der Waals surface area contributed by atoms with E-state index in [9.17, 15) is 0 Å². The van der Waals surface area contributed by atoms with E-state index in [1.807, 2.05) is 18.2 Å². The van der Waals surface area contributed by atoms with Crippen LogP contribution in [0.2, 0.25) is 0 Å². The Morgan fingerprint density at radius 2 is 2.12 bits per heavy atom. The SMILES string of the molecule is CCC1CCCCC1Nc1cccc(N)c1. The first-order valence-electron chi connectivity index (χ1n) is 6.41. The lowest BCUT2D eigenvalue weighted by Gasteiger charge is -2.32. The van der Waals surface area contributed by atoms with Crippen LogP contribution in [0.4, 0.5) is 11.4 Å². The number of nitrogens with two attached hydrogens (primary N) is 1. The lowest BCUT2D eigenvalue weighted by molar-refractivity contribution is 0.317. The number of hydrogen-bond acceptors (Lipinski definition) is 2. The van der Waals surface area contributed by atoms with Gasteiger partial charge in [-0.15, -0.1) is 0 Å². The largest absolute Gasteiger partial charge is 0.399 e. The zero-order chi connectivity index (χ0) is 11.4. The summed E-state index contributed by atoms with van der Waals surface area (Å²) in [5.74, 6) is 0.829. The van der Waals surface area contributed by atoms with Gasteiger partial charge in [0.2, 0.25) is 0 Å². The third kappa shape index (κ3) is 2.69. The Morgan fingerprint density at radius 3 is 2.88 bits per heavy atom. The molecule has 0 bridgehead atoms. The van der Waals surface area contributed by atoms with E-state index < -0.39 is 0 Å². The Bertz CT molecular complexity index is 335. The van der Waals surface area contributed by atoms with Gasteiger partial charge in [-0.3, -0.25) is 0 Å². The van der Waals surface area contributed by atoms with E-state index in [1.165, 1.54) is 37.8 Å². The maximum Gasteiger partial charge on any atom is 0.0363 e. The highest BCUT2D eigenvalue weighted by Gasteiger charge is 2.23. The number of rotatable bonds is 3. The molecule has 3 N–H and O–H groups in total. The molecule has 0 aliphatic heterocycles. The van der Waals surface area contributed by atoms with Crippen LogP contribution in [0.3, 0.4) is 0 Å². The molecule has 1 saturated carbocycles. The van der Waals surface area contributed by atoms with Crippen molar-refractivity contribution in [3.05, 3.63) is 24.3 Å². The van der Waals surface area contributed by atoms with Gasteiger partial charge in [-0.25, -0.2) is 0 Å². The fourth-order valence-electron chi connectivity index (χ4n) is 2.73. The standard InChI is InChI=1S/C14H22N2/c1-2-11-6-3-4-9-14(11)16-13-8-5-7-12(15)10-13/h5,7-8,10-11,14,16H,2-4,6,9,15H2,1H3. The zero-order valence-electron chi connectivity index (χ0n) is 10.1. The molecule has 0 spiro atoms. The number of anilines is 2. The Morgan fingerprint density at radius 1 is 1.31 bits per heavy atom. The summed E-state index contributed by atoms with van der Waals surface area (Å²) >= 11 is 0. The second-order valence-corrected chi connectivity index (χ2v) is 4.83. The Kier molecular flexibility index (Phi) is 3.70. The van der Waals surface area contributed by atoms with Gasteiger partial charge in [0.15, 0.2) is 0 Å². The molecule has 1 aliphatic rings. The molecular weight excluding hydrogens is 196 g/mol. The van der Waals surface area contributed by atoms with E-state index in [1.54, 1.807) is 0 Å². The number of hydrogen-bond donors (Lipinski definition) is 2. The minimum Gasteiger partial charge on any atom is -0.399 e. The topological polar surface area (TPSA) is 38.0 Å². The molecule has 1 aromatic rings. The highest BCUT2D eigenvalue weighted by atomic mass is 14.9. The molecule has 0 saturated heterocycles. The summed E-state index contributed by atoms with van der Waals surface area (Å²) in [6.07, 6.45) is 6.70. The fraction of sp³-hybridized carbons (Fsp3) is 0.571. The molecule has 2 atom stereocenters. The van der Waals surface area contributed by atoms with Crippen molar-refractivity contribution in [1.29, 1.82) is 0 Å². The van der Waals surface area contributed by atoms with Crippen molar-refractivity contribution in [3.8, 4) is 0 Å². The van der Waals surface area contributed by atoms with E-state index in [-0.39, 0.29) is 0 Å². The predicted molar refractivity (Wildman–Crippen MR) is 70.5 cm³/mol. The number of benzene rings is 1. The molecule has 2 rings (SSSR count). The second kappa shape index (κ2) is 5.24. The minimum absolute atomic E-state index is 0.639. The van der Waals surface area contributed by atoms with Crippen LogP contribution < -0.4 is 11.1 Å². The van der Waals surface area contributed by atoms with Crippen molar-refractivity contribution < 1.29 is 0 Å².